The van der Waals surface area contributed by atoms with E-state index in [0.29, 0.717) is 41.9 Å². The Morgan fingerprint density at radius 2 is 2.04 bits per heavy atom. The van der Waals surface area contributed by atoms with Gasteiger partial charge in [0.1, 0.15) is 5.82 Å². The number of alkyl halides is 3. The van der Waals surface area contributed by atoms with E-state index in [1.807, 2.05) is 11.8 Å². The second-order valence-corrected chi connectivity index (χ2v) is 6.94. The van der Waals surface area contributed by atoms with Gasteiger partial charge in [0.05, 0.1) is 10.0 Å². The fourth-order valence-corrected chi connectivity index (χ4v) is 3.17. The number of carbonyl (C=O) groups is 1. The minimum atomic E-state index is -4.39. The first-order valence-electron chi connectivity index (χ1n) is 8.05. The molecule has 2 aromatic heterocycles. The van der Waals surface area contributed by atoms with Crippen LogP contribution < -0.4 is 10.2 Å². The number of nitrogens with one attached hydrogen (secondary N) is 2. The monoisotopic (exact) mass is 431 g/mol. The van der Waals surface area contributed by atoms with Crippen molar-refractivity contribution in [2.75, 3.05) is 18.0 Å². The van der Waals surface area contributed by atoms with Gasteiger partial charge in [0.2, 0.25) is 0 Å². The summed E-state index contributed by atoms with van der Waals surface area (Å²) in [4.78, 5) is 18.1. The maximum absolute atomic E-state index is 12.6. The van der Waals surface area contributed by atoms with E-state index in [4.69, 9.17) is 0 Å². The van der Waals surface area contributed by atoms with Crippen molar-refractivity contribution in [2.45, 2.75) is 32.0 Å². The Balaban J connectivity index is 1.56. The van der Waals surface area contributed by atoms with E-state index in [1.165, 1.54) is 6.07 Å². The Hall–Kier alpha value is -2.10. The average molecular weight is 432 g/mol. The molecule has 2 N–H and O–H groups in total. The summed E-state index contributed by atoms with van der Waals surface area (Å²) in [5.41, 5.74) is 0.330. The number of H-pyrrole nitrogens is 1. The van der Waals surface area contributed by atoms with Crippen molar-refractivity contribution in [2.24, 2.45) is 0 Å². The lowest BCUT2D eigenvalue weighted by atomic mass is 10.0. The molecule has 1 aliphatic rings. The van der Waals surface area contributed by atoms with Crippen LogP contribution in [0.1, 0.15) is 34.6 Å². The minimum absolute atomic E-state index is 0.0166. The normalized spacial score (nSPS) is 16.0. The van der Waals surface area contributed by atoms with E-state index in [2.05, 4.69) is 36.4 Å². The second kappa shape index (κ2) is 7.26. The molecule has 0 bridgehead atoms. The molecule has 2 aromatic rings. The van der Waals surface area contributed by atoms with Crippen LogP contribution in [-0.4, -0.2) is 40.2 Å². The van der Waals surface area contributed by atoms with E-state index in [-0.39, 0.29) is 11.9 Å². The molecule has 6 nitrogen and oxygen atoms in total. The van der Waals surface area contributed by atoms with Crippen LogP contribution in [-0.2, 0) is 6.18 Å². The lowest BCUT2D eigenvalue weighted by Gasteiger charge is -2.33. The largest absolute Gasteiger partial charge is 0.417 e. The first kappa shape index (κ1) is 18.7. The molecule has 140 valence electrons. The zero-order chi connectivity index (χ0) is 18.9. The molecule has 26 heavy (non-hydrogen) atoms. The second-order valence-electron chi connectivity index (χ2n) is 6.15. The molecule has 1 fully saturated rings. The highest BCUT2D eigenvalue weighted by Gasteiger charge is 2.31. The summed E-state index contributed by atoms with van der Waals surface area (Å²) in [5.74, 6) is 0.251. The highest BCUT2D eigenvalue weighted by atomic mass is 79.9. The van der Waals surface area contributed by atoms with Crippen LogP contribution in [0.2, 0.25) is 0 Å². The molecule has 1 saturated heterocycles. The molecule has 0 aliphatic carbocycles. The van der Waals surface area contributed by atoms with Gasteiger partial charge in [0.15, 0.2) is 5.69 Å². The topological polar surface area (TPSA) is 73.9 Å². The van der Waals surface area contributed by atoms with Crippen LogP contribution in [0.3, 0.4) is 0 Å². The zero-order valence-electron chi connectivity index (χ0n) is 13.9. The molecule has 0 aromatic carbocycles. The molecule has 0 saturated carbocycles. The Bertz CT molecular complexity index is 782. The molecule has 0 radical (unpaired) electrons. The van der Waals surface area contributed by atoms with Gasteiger partial charge in [-0.3, -0.25) is 9.89 Å². The van der Waals surface area contributed by atoms with E-state index in [1.54, 1.807) is 0 Å². The quantitative estimate of drug-likeness (QED) is 0.781. The summed E-state index contributed by atoms with van der Waals surface area (Å²) >= 11 is 3.32. The van der Waals surface area contributed by atoms with Crippen molar-refractivity contribution in [1.29, 1.82) is 0 Å². The number of aryl methyl sites for hydroxylation is 1. The number of carbonyl (C=O) groups excluding carboxylic acids is 1. The Morgan fingerprint density at radius 1 is 1.35 bits per heavy atom. The van der Waals surface area contributed by atoms with Gasteiger partial charge in [-0.1, -0.05) is 0 Å². The average Bonchev–Trinajstić information content (AvgIpc) is 2.94. The van der Waals surface area contributed by atoms with Gasteiger partial charge in [0, 0.05) is 31.0 Å². The molecule has 3 rings (SSSR count). The summed E-state index contributed by atoms with van der Waals surface area (Å²) in [6, 6.07) is 2.40. The molecular weight excluding hydrogens is 415 g/mol. The number of pyridine rings is 1. The third-order valence-corrected chi connectivity index (χ3v) is 5.29. The van der Waals surface area contributed by atoms with Gasteiger partial charge in [0.25, 0.3) is 5.91 Å². The lowest BCUT2D eigenvalue weighted by Crippen LogP contribution is -2.45. The Kier molecular flexibility index (Phi) is 5.22. The highest BCUT2D eigenvalue weighted by Crippen LogP contribution is 2.29. The minimum Gasteiger partial charge on any atom is -0.356 e. The zero-order valence-corrected chi connectivity index (χ0v) is 15.5. The van der Waals surface area contributed by atoms with E-state index >= 15 is 0 Å². The summed E-state index contributed by atoms with van der Waals surface area (Å²) in [7, 11) is 0. The number of hydrogen-bond donors (Lipinski definition) is 2. The molecule has 0 atom stereocenters. The van der Waals surface area contributed by atoms with Gasteiger partial charge in [-0.25, -0.2) is 4.98 Å². The van der Waals surface area contributed by atoms with Gasteiger partial charge in [-0.2, -0.15) is 18.3 Å². The lowest BCUT2D eigenvalue weighted by molar-refractivity contribution is -0.137. The number of rotatable bonds is 3. The molecule has 1 aliphatic heterocycles. The Morgan fingerprint density at radius 3 is 2.54 bits per heavy atom. The van der Waals surface area contributed by atoms with Crippen molar-refractivity contribution in [3.05, 3.63) is 39.8 Å². The number of nitrogens with zero attached hydrogens (tertiary/aromatic N) is 3. The van der Waals surface area contributed by atoms with Crippen molar-refractivity contribution in [1.82, 2.24) is 20.5 Å². The number of hydrogen-bond acceptors (Lipinski definition) is 4. The molecule has 0 unspecified atom stereocenters. The number of piperidine rings is 1. The Labute approximate surface area is 156 Å². The summed E-state index contributed by atoms with van der Waals surface area (Å²) < 4.78 is 38.4. The van der Waals surface area contributed by atoms with Gasteiger partial charge in [-0.15, -0.1) is 0 Å². The van der Waals surface area contributed by atoms with Crippen LogP contribution >= 0.6 is 15.9 Å². The number of halogens is 4. The van der Waals surface area contributed by atoms with Gasteiger partial charge < -0.3 is 10.2 Å². The number of amides is 1. The smallest absolute Gasteiger partial charge is 0.356 e. The van der Waals surface area contributed by atoms with Crippen molar-refractivity contribution in [3.8, 4) is 0 Å². The first-order valence-corrected chi connectivity index (χ1v) is 8.84. The standard InChI is InChI=1S/C16H17BrF3N5O/c1-9-13(17)14(24-23-9)15(26)22-11-4-6-25(7-5-11)12-3-2-10(8-21-12)16(18,19)20/h2-3,8,11H,4-7H2,1H3,(H,22,26)(H,23,24). The molecule has 10 heteroatoms. The fourth-order valence-electron chi connectivity index (χ4n) is 2.81. The van der Waals surface area contributed by atoms with Crippen LogP contribution in [0.4, 0.5) is 19.0 Å². The SMILES string of the molecule is Cc1[nH]nc(C(=O)NC2CCN(c3ccc(C(F)(F)F)cn3)CC2)c1Br. The number of anilines is 1. The molecule has 1 amide bonds. The van der Waals surface area contributed by atoms with Crippen molar-refractivity contribution < 1.29 is 18.0 Å². The van der Waals surface area contributed by atoms with Crippen molar-refractivity contribution >= 4 is 27.7 Å². The maximum atomic E-state index is 12.6. The van der Waals surface area contributed by atoms with E-state index in [9.17, 15) is 18.0 Å². The predicted octanol–water partition coefficient (Wildman–Crippen LogP) is 3.29. The molecule has 0 spiro atoms. The molecular formula is C16H17BrF3N5O. The third-order valence-electron chi connectivity index (χ3n) is 4.32. The summed E-state index contributed by atoms with van der Waals surface area (Å²) in [6.07, 6.45) is -2.19. The van der Waals surface area contributed by atoms with Crippen LogP contribution in [0, 0.1) is 6.92 Å². The third kappa shape index (κ3) is 4.00. The fraction of sp³-hybridized carbons (Fsp3) is 0.438. The highest BCUT2D eigenvalue weighted by molar-refractivity contribution is 9.10. The van der Waals surface area contributed by atoms with Crippen LogP contribution in [0.5, 0.6) is 0 Å². The van der Waals surface area contributed by atoms with Crippen LogP contribution in [0.15, 0.2) is 22.8 Å². The number of aromatic nitrogens is 3. The number of aromatic amines is 1. The molecule has 3 heterocycles. The van der Waals surface area contributed by atoms with Gasteiger partial charge in [-0.05, 0) is 47.8 Å². The van der Waals surface area contributed by atoms with Crippen LogP contribution in [0.25, 0.3) is 0 Å². The predicted molar refractivity (Wildman–Crippen MR) is 93.0 cm³/mol. The summed E-state index contributed by atoms with van der Waals surface area (Å²) in [6.45, 7) is 3.01. The first-order chi connectivity index (χ1) is 12.3. The summed E-state index contributed by atoms with van der Waals surface area (Å²) in [5, 5.41) is 9.66. The maximum Gasteiger partial charge on any atom is 0.417 e. The van der Waals surface area contributed by atoms with Crippen molar-refractivity contribution in [3.63, 3.8) is 0 Å². The van der Waals surface area contributed by atoms with E-state index in [0.717, 1.165) is 18.0 Å². The van der Waals surface area contributed by atoms with E-state index < -0.39 is 11.7 Å². The van der Waals surface area contributed by atoms with Gasteiger partial charge >= 0.3 is 6.18 Å².